The van der Waals surface area contributed by atoms with Gasteiger partial charge >= 0.3 is 0 Å². The Balaban J connectivity index is 2.82. The van der Waals surface area contributed by atoms with Gasteiger partial charge in [0.2, 0.25) is 0 Å². The minimum absolute atomic E-state index is 0.548. The summed E-state index contributed by atoms with van der Waals surface area (Å²) in [6.07, 6.45) is 1.74. The summed E-state index contributed by atoms with van der Waals surface area (Å²) in [5, 5.41) is 3.92. The van der Waals surface area contributed by atoms with Crippen LogP contribution in [0, 0.1) is 11.8 Å². The number of carbonyl (C=O) groups excluding carboxylic acids is 1. The molecule has 1 rings (SSSR count). The summed E-state index contributed by atoms with van der Waals surface area (Å²) in [4.78, 5) is 10.2. The molecule has 4 nitrogen and oxygen atoms in total. The molecule has 1 heterocycles. The highest BCUT2D eigenvalue weighted by atomic mass is 16.1. The number of carbonyl (C=O) groups is 1. The van der Waals surface area contributed by atoms with Crippen molar-refractivity contribution in [1.82, 2.24) is 9.78 Å². The maximum absolute atomic E-state index is 10.2. The molecule has 0 radical (unpaired) electrons. The van der Waals surface area contributed by atoms with Crippen molar-refractivity contribution in [2.75, 3.05) is 0 Å². The number of hydrogen-bond acceptors (Lipinski definition) is 2. The van der Waals surface area contributed by atoms with Gasteiger partial charge in [-0.05, 0) is 12.0 Å². The molecule has 0 fully saturated rings. The van der Waals surface area contributed by atoms with Gasteiger partial charge in [-0.2, -0.15) is 5.10 Å². The first-order valence-corrected chi connectivity index (χ1v) is 2.99. The monoisotopic (exact) mass is 149 g/mol. The van der Waals surface area contributed by atoms with E-state index < -0.39 is 5.91 Å². The van der Waals surface area contributed by atoms with Gasteiger partial charge in [-0.15, -0.1) is 0 Å². The molecule has 56 valence electrons. The topological polar surface area (TPSA) is 60.9 Å². The number of primary amides is 1. The Bertz CT molecular complexity index is 329. The van der Waals surface area contributed by atoms with Gasteiger partial charge in [0.05, 0.1) is 0 Å². The average Bonchev–Trinajstić information content (AvgIpc) is 2.31. The molecule has 4 heteroatoms. The second-order valence-corrected chi connectivity index (χ2v) is 1.99. The van der Waals surface area contributed by atoms with Crippen molar-refractivity contribution in [3.05, 3.63) is 18.0 Å². The van der Waals surface area contributed by atoms with E-state index in [4.69, 9.17) is 5.73 Å². The van der Waals surface area contributed by atoms with Crippen molar-refractivity contribution in [1.29, 1.82) is 0 Å². The van der Waals surface area contributed by atoms with Gasteiger partial charge < -0.3 is 5.73 Å². The number of nitrogens with zero attached hydrogens (tertiary/aromatic N) is 2. The van der Waals surface area contributed by atoms with Crippen LogP contribution in [0.15, 0.2) is 12.3 Å². The minimum atomic E-state index is -0.643. The first kappa shape index (κ1) is 7.35. The van der Waals surface area contributed by atoms with E-state index >= 15 is 0 Å². The van der Waals surface area contributed by atoms with Gasteiger partial charge in [0.1, 0.15) is 5.69 Å². The van der Waals surface area contributed by atoms with E-state index in [1.165, 1.54) is 0 Å². The fourth-order valence-electron chi connectivity index (χ4n) is 0.607. The lowest BCUT2D eigenvalue weighted by Crippen LogP contribution is -2.06. The summed E-state index contributed by atoms with van der Waals surface area (Å²) in [5.74, 6) is 4.05. The van der Waals surface area contributed by atoms with Crippen LogP contribution in [0.3, 0.4) is 0 Å². The van der Waals surface area contributed by atoms with Crippen LogP contribution < -0.4 is 5.73 Å². The van der Waals surface area contributed by atoms with Crippen molar-refractivity contribution < 1.29 is 4.79 Å². The van der Waals surface area contributed by atoms with Crippen LogP contribution >= 0.6 is 0 Å². The van der Waals surface area contributed by atoms with Gasteiger partial charge in [-0.3, -0.25) is 9.48 Å². The van der Waals surface area contributed by atoms with E-state index in [-0.39, 0.29) is 0 Å². The van der Waals surface area contributed by atoms with Crippen molar-refractivity contribution in [3.63, 3.8) is 0 Å². The highest BCUT2D eigenvalue weighted by molar-refractivity contribution is 5.92. The third-order valence-electron chi connectivity index (χ3n) is 1.03. The maximum Gasteiger partial charge on any atom is 0.293 e. The van der Waals surface area contributed by atoms with Crippen molar-refractivity contribution in [2.24, 2.45) is 12.8 Å². The summed E-state index contributed by atoms with van der Waals surface area (Å²) < 4.78 is 1.60. The summed E-state index contributed by atoms with van der Waals surface area (Å²) in [7, 11) is 1.77. The average molecular weight is 149 g/mol. The zero-order chi connectivity index (χ0) is 8.27. The highest BCUT2D eigenvalue weighted by Crippen LogP contribution is 1.88. The number of amides is 1. The Morgan fingerprint density at radius 2 is 2.55 bits per heavy atom. The molecule has 1 amide bonds. The van der Waals surface area contributed by atoms with Crippen LogP contribution in [-0.2, 0) is 11.8 Å². The summed E-state index contributed by atoms with van der Waals surface area (Å²) in [6, 6.07) is 1.70. The fraction of sp³-hybridized carbons (Fsp3) is 0.143. The molecule has 0 spiro atoms. The zero-order valence-electron chi connectivity index (χ0n) is 6.03. The van der Waals surface area contributed by atoms with Crippen molar-refractivity contribution >= 4 is 5.91 Å². The molecule has 11 heavy (non-hydrogen) atoms. The summed E-state index contributed by atoms with van der Waals surface area (Å²) in [6.45, 7) is 0. The smallest absolute Gasteiger partial charge is 0.293 e. The lowest BCUT2D eigenvalue weighted by molar-refractivity contribution is -0.112. The Morgan fingerprint density at radius 1 is 1.82 bits per heavy atom. The van der Waals surface area contributed by atoms with Gasteiger partial charge in [-0.25, -0.2) is 0 Å². The molecule has 1 aromatic rings. The Morgan fingerprint density at radius 3 is 3.00 bits per heavy atom. The molecule has 0 unspecified atom stereocenters. The molecule has 1 aromatic heterocycles. The Kier molecular flexibility index (Phi) is 1.93. The standard InChI is InChI=1S/C7H7N3O/c1-10-5-4-6(9-10)2-3-7(8)11/h4-5H,1H3,(H2,8,11). The fourth-order valence-corrected chi connectivity index (χ4v) is 0.607. The van der Waals surface area contributed by atoms with Crippen LogP contribution in [0.2, 0.25) is 0 Å². The highest BCUT2D eigenvalue weighted by Gasteiger charge is 1.89. The van der Waals surface area contributed by atoms with E-state index in [1.807, 2.05) is 0 Å². The predicted octanol–water partition coefficient (Wildman–Crippen LogP) is -0.743. The van der Waals surface area contributed by atoms with Crippen LogP contribution in [0.1, 0.15) is 5.69 Å². The quantitative estimate of drug-likeness (QED) is 0.494. The van der Waals surface area contributed by atoms with Crippen LogP contribution in [-0.4, -0.2) is 15.7 Å². The van der Waals surface area contributed by atoms with E-state index in [2.05, 4.69) is 16.9 Å². The lowest BCUT2D eigenvalue weighted by atomic mass is 10.4. The third kappa shape index (κ3) is 2.14. The first-order valence-electron chi connectivity index (χ1n) is 2.99. The number of rotatable bonds is 0. The minimum Gasteiger partial charge on any atom is -0.359 e. The number of nitrogens with two attached hydrogens (primary N) is 1. The van der Waals surface area contributed by atoms with Gasteiger partial charge in [-0.1, -0.05) is 0 Å². The van der Waals surface area contributed by atoms with Crippen LogP contribution in [0.25, 0.3) is 0 Å². The lowest BCUT2D eigenvalue weighted by Gasteiger charge is -1.80. The molecule has 0 aliphatic carbocycles. The summed E-state index contributed by atoms with van der Waals surface area (Å²) in [5.41, 5.74) is 5.35. The number of hydrogen-bond donors (Lipinski definition) is 1. The molecular weight excluding hydrogens is 142 g/mol. The van der Waals surface area contributed by atoms with Gasteiger partial charge in [0, 0.05) is 19.2 Å². The van der Waals surface area contributed by atoms with Gasteiger partial charge in [0.25, 0.3) is 5.91 Å². The third-order valence-corrected chi connectivity index (χ3v) is 1.03. The maximum atomic E-state index is 10.2. The molecule has 0 aliphatic rings. The second kappa shape index (κ2) is 2.88. The van der Waals surface area contributed by atoms with Gasteiger partial charge in [0.15, 0.2) is 0 Å². The Hall–Kier alpha value is -1.76. The van der Waals surface area contributed by atoms with E-state index in [0.29, 0.717) is 5.69 Å². The molecule has 2 N–H and O–H groups in total. The van der Waals surface area contributed by atoms with E-state index in [0.717, 1.165) is 0 Å². The normalized spacial score (nSPS) is 8.45. The molecule has 0 aromatic carbocycles. The molecule has 0 atom stereocenters. The Labute approximate surface area is 64.0 Å². The zero-order valence-corrected chi connectivity index (χ0v) is 6.03. The largest absolute Gasteiger partial charge is 0.359 e. The van der Waals surface area contributed by atoms with E-state index in [9.17, 15) is 4.79 Å². The first-order chi connectivity index (χ1) is 5.18. The molecule has 0 saturated heterocycles. The van der Waals surface area contributed by atoms with Crippen LogP contribution in [0.5, 0.6) is 0 Å². The molecular formula is C7H7N3O. The van der Waals surface area contributed by atoms with Crippen LogP contribution in [0.4, 0.5) is 0 Å². The second-order valence-electron chi connectivity index (χ2n) is 1.99. The summed E-state index contributed by atoms with van der Waals surface area (Å²) >= 11 is 0. The number of aromatic nitrogens is 2. The predicted molar refractivity (Wildman–Crippen MR) is 39.3 cm³/mol. The molecule has 0 bridgehead atoms. The van der Waals surface area contributed by atoms with Crippen molar-refractivity contribution in [2.45, 2.75) is 0 Å². The molecule has 0 saturated carbocycles. The SMILES string of the molecule is Cn1ccc(C#CC(N)=O)n1. The number of aryl methyl sites for hydroxylation is 1. The van der Waals surface area contributed by atoms with E-state index in [1.54, 1.807) is 24.0 Å². The molecule has 0 aliphatic heterocycles. The van der Waals surface area contributed by atoms with Crippen molar-refractivity contribution in [3.8, 4) is 11.8 Å².